The number of primary amides is 1. The summed E-state index contributed by atoms with van der Waals surface area (Å²) in [6, 6.07) is 3.33. The summed E-state index contributed by atoms with van der Waals surface area (Å²) in [5.41, 5.74) is 5.01. The van der Waals surface area contributed by atoms with Crippen molar-refractivity contribution in [2.24, 2.45) is 11.7 Å². The van der Waals surface area contributed by atoms with Gasteiger partial charge in [-0.05, 0) is 43.2 Å². The molecule has 136 valence electrons. The maximum absolute atomic E-state index is 12.4. The second-order valence-electron chi connectivity index (χ2n) is 7.73. The van der Waals surface area contributed by atoms with Crippen LogP contribution in [0.15, 0.2) is 12.1 Å². The number of Topliss-reactive ketones (excluding diaryl/α,β-unsaturated/α-hetero) is 1. The maximum atomic E-state index is 12.4. The Labute approximate surface area is 148 Å². The molecule has 2 fully saturated rings. The van der Waals surface area contributed by atoms with E-state index in [1.165, 1.54) is 6.07 Å². The number of hydrogen-bond donors (Lipinski definition) is 3. The van der Waals surface area contributed by atoms with Crippen LogP contribution in [0.5, 0.6) is 5.75 Å². The Kier molecular flexibility index (Phi) is 4.40. The first-order valence-corrected chi connectivity index (χ1v) is 9.16. The van der Waals surface area contributed by atoms with Crippen molar-refractivity contribution < 1.29 is 19.8 Å². The molecule has 4 N–H and O–H groups in total. The molecule has 0 radical (unpaired) electrons. The van der Waals surface area contributed by atoms with Crippen LogP contribution in [0, 0.1) is 5.92 Å². The Bertz CT molecular complexity index is 729. The molecule has 0 aliphatic heterocycles. The number of rotatable bonds is 3. The van der Waals surface area contributed by atoms with Gasteiger partial charge in [0.05, 0.1) is 11.2 Å². The summed E-state index contributed by atoms with van der Waals surface area (Å²) < 4.78 is 0. The summed E-state index contributed by atoms with van der Waals surface area (Å²) in [4.78, 5) is 24.1. The predicted octanol–water partition coefficient (Wildman–Crippen LogP) is 2.60. The first-order valence-electron chi connectivity index (χ1n) is 9.16. The number of phenols is 1. The van der Waals surface area contributed by atoms with Crippen molar-refractivity contribution in [3.8, 4) is 5.75 Å². The fraction of sp³-hybridized carbons (Fsp3) is 0.600. The van der Waals surface area contributed by atoms with Gasteiger partial charge in [-0.2, -0.15) is 0 Å². The number of hydrogen-bond acceptors (Lipinski definition) is 4. The lowest BCUT2D eigenvalue weighted by molar-refractivity contribution is -0.153. The largest absolute Gasteiger partial charge is 0.507 e. The zero-order chi connectivity index (χ0) is 18.4. The fourth-order valence-corrected chi connectivity index (χ4v) is 5.21. The molecule has 5 heteroatoms. The molecular formula is C20H27NO4. The van der Waals surface area contributed by atoms with E-state index in [9.17, 15) is 19.8 Å². The third-order valence-corrected chi connectivity index (χ3v) is 6.56. The molecule has 25 heavy (non-hydrogen) atoms. The Morgan fingerprint density at radius 2 is 2.08 bits per heavy atom. The Hall–Kier alpha value is -1.88. The second-order valence-corrected chi connectivity index (χ2v) is 7.73. The lowest BCUT2D eigenvalue weighted by atomic mass is 9.49. The van der Waals surface area contributed by atoms with Crippen LogP contribution >= 0.6 is 0 Å². The van der Waals surface area contributed by atoms with Crippen molar-refractivity contribution in [2.45, 2.75) is 69.8 Å². The number of carbonyl (C=O) groups excluding carboxylic acids is 2. The van der Waals surface area contributed by atoms with Gasteiger partial charge in [-0.3, -0.25) is 9.59 Å². The van der Waals surface area contributed by atoms with Gasteiger partial charge in [0.2, 0.25) is 0 Å². The van der Waals surface area contributed by atoms with E-state index in [0.717, 1.165) is 18.4 Å². The number of benzene rings is 1. The Morgan fingerprint density at radius 3 is 2.72 bits per heavy atom. The summed E-state index contributed by atoms with van der Waals surface area (Å²) in [7, 11) is 0. The molecule has 0 unspecified atom stereocenters. The van der Waals surface area contributed by atoms with Gasteiger partial charge in [-0.1, -0.05) is 26.3 Å². The summed E-state index contributed by atoms with van der Waals surface area (Å²) in [5, 5.41) is 22.6. The van der Waals surface area contributed by atoms with Crippen LogP contribution in [0.25, 0.3) is 0 Å². The van der Waals surface area contributed by atoms with E-state index >= 15 is 0 Å². The van der Waals surface area contributed by atoms with Crippen molar-refractivity contribution in [2.75, 3.05) is 0 Å². The van der Waals surface area contributed by atoms with E-state index in [-0.39, 0.29) is 29.4 Å². The van der Waals surface area contributed by atoms with Gasteiger partial charge in [0.1, 0.15) is 11.5 Å². The minimum absolute atomic E-state index is 0.0238. The zero-order valence-electron chi connectivity index (χ0n) is 15.0. The van der Waals surface area contributed by atoms with Gasteiger partial charge in [-0.15, -0.1) is 0 Å². The van der Waals surface area contributed by atoms with Crippen molar-refractivity contribution in [3.05, 3.63) is 28.8 Å². The van der Waals surface area contributed by atoms with Crippen LogP contribution in [-0.2, 0) is 16.6 Å². The van der Waals surface area contributed by atoms with Crippen LogP contribution in [0.4, 0.5) is 0 Å². The molecule has 5 nitrogen and oxygen atoms in total. The van der Waals surface area contributed by atoms with Gasteiger partial charge < -0.3 is 15.9 Å². The smallest absolute Gasteiger partial charge is 0.252 e. The minimum atomic E-state index is -1.06. The third-order valence-electron chi connectivity index (χ3n) is 6.56. The van der Waals surface area contributed by atoms with E-state index in [2.05, 4.69) is 0 Å². The molecule has 1 aromatic rings. The second kappa shape index (κ2) is 6.13. The molecule has 0 bridgehead atoms. The van der Waals surface area contributed by atoms with E-state index in [0.29, 0.717) is 31.2 Å². The molecule has 2 saturated carbocycles. The van der Waals surface area contributed by atoms with Gasteiger partial charge in [0.25, 0.3) is 5.91 Å². The minimum Gasteiger partial charge on any atom is -0.507 e. The average Bonchev–Trinajstić information content (AvgIpc) is 2.56. The number of aliphatic hydroxyl groups is 1. The van der Waals surface area contributed by atoms with Gasteiger partial charge >= 0.3 is 0 Å². The third kappa shape index (κ3) is 2.48. The summed E-state index contributed by atoms with van der Waals surface area (Å²) in [6.07, 6.45) is 4.00. The highest BCUT2D eigenvalue weighted by Crippen LogP contribution is 2.58. The number of aromatic hydroxyl groups is 1. The van der Waals surface area contributed by atoms with Crippen molar-refractivity contribution in [1.82, 2.24) is 0 Å². The van der Waals surface area contributed by atoms with Crippen molar-refractivity contribution in [3.63, 3.8) is 0 Å². The zero-order valence-corrected chi connectivity index (χ0v) is 15.0. The van der Waals surface area contributed by atoms with Gasteiger partial charge in [0, 0.05) is 23.8 Å². The van der Waals surface area contributed by atoms with E-state index < -0.39 is 16.9 Å². The Morgan fingerprint density at radius 1 is 1.36 bits per heavy atom. The van der Waals surface area contributed by atoms with Crippen LogP contribution in [0.2, 0.25) is 0 Å². The topological polar surface area (TPSA) is 101 Å². The van der Waals surface area contributed by atoms with Crippen LogP contribution in [-0.4, -0.2) is 27.5 Å². The van der Waals surface area contributed by atoms with Gasteiger partial charge in [0.15, 0.2) is 0 Å². The number of amides is 1. The first kappa shape index (κ1) is 17.9. The van der Waals surface area contributed by atoms with E-state index in [1.54, 1.807) is 6.07 Å². The number of aryl methyl sites for hydroxylation is 1. The summed E-state index contributed by atoms with van der Waals surface area (Å²) >= 11 is 0. The highest BCUT2D eigenvalue weighted by molar-refractivity contribution is 5.96. The normalized spacial score (nSPS) is 32.3. The monoisotopic (exact) mass is 345 g/mol. The molecule has 0 spiro atoms. The fourth-order valence-electron chi connectivity index (χ4n) is 5.21. The van der Waals surface area contributed by atoms with Crippen LogP contribution in [0.1, 0.15) is 73.9 Å². The molecule has 0 aromatic heterocycles. The molecular weight excluding hydrogens is 318 g/mol. The molecule has 3 rings (SSSR count). The first-order chi connectivity index (χ1) is 11.8. The number of nitrogens with two attached hydrogens (primary N) is 1. The molecule has 2 aliphatic carbocycles. The number of carbonyl (C=O) groups is 2. The molecule has 0 saturated heterocycles. The summed E-state index contributed by atoms with van der Waals surface area (Å²) in [5.74, 6) is -0.734. The molecule has 3 atom stereocenters. The molecule has 1 aromatic carbocycles. The average molecular weight is 345 g/mol. The SMILES string of the molecule is CCc1ccc(C(N)=O)c(O)c1[C@]12CCC[C@H](C)[C@]1(O)CCC(=O)C2. The maximum Gasteiger partial charge on any atom is 0.252 e. The molecule has 1 amide bonds. The van der Waals surface area contributed by atoms with Crippen molar-refractivity contribution in [1.29, 1.82) is 0 Å². The van der Waals surface area contributed by atoms with Crippen LogP contribution in [0.3, 0.4) is 0 Å². The summed E-state index contributed by atoms with van der Waals surface area (Å²) in [6.45, 7) is 3.99. The number of ketones is 1. The predicted molar refractivity (Wildman–Crippen MR) is 94.5 cm³/mol. The standard InChI is InChI=1S/C20H27NO4/c1-3-13-6-7-15(18(21)24)17(23)16(13)19-9-4-5-12(2)20(19,25)10-8-14(22)11-19/h6-7,12,23,25H,3-5,8-11H2,1-2H3,(H2,21,24)/t12-,19+,20+/m0/s1. The van der Waals surface area contributed by atoms with Crippen LogP contribution < -0.4 is 5.73 Å². The highest BCUT2D eigenvalue weighted by atomic mass is 16.3. The lowest BCUT2D eigenvalue weighted by Gasteiger charge is -2.57. The van der Waals surface area contributed by atoms with Gasteiger partial charge in [-0.25, -0.2) is 0 Å². The number of fused-ring (bicyclic) bond motifs is 1. The quantitative estimate of drug-likeness (QED) is 0.784. The highest BCUT2D eigenvalue weighted by Gasteiger charge is 2.60. The van der Waals surface area contributed by atoms with E-state index in [4.69, 9.17) is 5.73 Å². The Balaban J connectivity index is 2.32. The lowest BCUT2D eigenvalue weighted by Crippen LogP contribution is -2.61. The molecule has 0 heterocycles. The van der Waals surface area contributed by atoms with Crippen molar-refractivity contribution >= 4 is 11.7 Å². The molecule has 2 aliphatic rings. The van der Waals surface area contributed by atoms with E-state index in [1.807, 2.05) is 13.8 Å².